The second-order valence-electron chi connectivity index (χ2n) is 6.76. The molecule has 2 aromatic heterocycles. The second kappa shape index (κ2) is 8.69. The summed E-state index contributed by atoms with van der Waals surface area (Å²) in [6.07, 6.45) is -0.408. The summed E-state index contributed by atoms with van der Waals surface area (Å²) in [6.45, 7) is 5.97. The first kappa shape index (κ1) is 19.6. The van der Waals surface area contributed by atoms with Crippen molar-refractivity contribution >= 4 is 22.2 Å². The Hall–Kier alpha value is -2.15. The molecule has 6 heteroatoms. The Morgan fingerprint density at radius 3 is 2.59 bits per heavy atom. The summed E-state index contributed by atoms with van der Waals surface area (Å²) in [5.74, 6) is 1.38. The maximum atomic E-state index is 9.96. The lowest BCUT2D eigenvalue weighted by atomic mass is 10.1. The highest BCUT2D eigenvalue weighted by atomic mass is 32.1. The Morgan fingerprint density at radius 2 is 1.96 bits per heavy atom. The molecule has 0 saturated heterocycles. The van der Waals surface area contributed by atoms with Gasteiger partial charge in [0.2, 0.25) is 5.88 Å². The minimum Gasteiger partial charge on any atom is -0.497 e. The number of rotatable bonds is 8. The van der Waals surface area contributed by atoms with Crippen molar-refractivity contribution in [2.45, 2.75) is 33.0 Å². The van der Waals surface area contributed by atoms with Crippen LogP contribution in [0.15, 0.2) is 35.7 Å². The molecule has 0 aliphatic rings. The van der Waals surface area contributed by atoms with E-state index in [0.717, 1.165) is 28.8 Å². The highest BCUT2D eigenvalue weighted by Crippen LogP contribution is 2.27. The molecule has 2 heterocycles. The number of aliphatic hydroxyl groups is 1. The molecule has 3 aromatic rings. The number of aryl methyl sites for hydroxylation is 1. The Labute approximate surface area is 164 Å². The third-order valence-corrected chi connectivity index (χ3v) is 5.52. The van der Waals surface area contributed by atoms with Crippen molar-refractivity contribution in [1.29, 1.82) is 0 Å². The standard InChI is InChI=1S/C21H26N2O3S/c1-14-7-8-27-20(14)13-23(11-15(2)24)12-17-9-16-5-6-18(25-3)10-19(16)22-21(17)26-4/h5-10,15,24H,11-13H2,1-4H3/t15-/m0/s1. The minimum atomic E-state index is -0.408. The summed E-state index contributed by atoms with van der Waals surface area (Å²) in [4.78, 5) is 8.21. The van der Waals surface area contributed by atoms with Crippen LogP contribution in [0.5, 0.6) is 11.6 Å². The fraction of sp³-hybridized carbons (Fsp3) is 0.381. The topological polar surface area (TPSA) is 54.8 Å². The molecule has 1 aromatic carbocycles. The van der Waals surface area contributed by atoms with E-state index < -0.39 is 6.10 Å². The zero-order chi connectivity index (χ0) is 19.4. The van der Waals surface area contributed by atoms with Crippen molar-refractivity contribution in [2.24, 2.45) is 0 Å². The fourth-order valence-electron chi connectivity index (χ4n) is 3.16. The van der Waals surface area contributed by atoms with Crippen molar-refractivity contribution < 1.29 is 14.6 Å². The van der Waals surface area contributed by atoms with Gasteiger partial charge in [-0.2, -0.15) is 0 Å². The lowest BCUT2D eigenvalue weighted by molar-refractivity contribution is 0.118. The van der Waals surface area contributed by atoms with E-state index in [-0.39, 0.29) is 0 Å². The van der Waals surface area contributed by atoms with Crippen molar-refractivity contribution in [2.75, 3.05) is 20.8 Å². The van der Waals surface area contributed by atoms with Crippen LogP contribution in [0.4, 0.5) is 0 Å². The summed E-state index contributed by atoms with van der Waals surface area (Å²) >= 11 is 1.75. The van der Waals surface area contributed by atoms with Gasteiger partial charge in [0.05, 0.1) is 25.8 Å². The predicted molar refractivity (Wildman–Crippen MR) is 110 cm³/mol. The van der Waals surface area contributed by atoms with Crippen LogP contribution in [0.3, 0.4) is 0 Å². The van der Waals surface area contributed by atoms with Crippen LogP contribution in [0.1, 0.15) is 22.9 Å². The summed E-state index contributed by atoms with van der Waals surface area (Å²) < 4.78 is 10.8. The smallest absolute Gasteiger partial charge is 0.218 e. The van der Waals surface area contributed by atoms with Crippen LogP contribution >= 0.6 is 11.3 Å². The SMILES string of the molecule is COc1ccc2cc(CN(Cc3sccc3C)C[C@H](C)O)c(OC)nc2c1. The van der Waals surface area contributed by atoms with Crippen LogP contribution < -0.4 is 9.47 Å². The van der Waals surface area contributed by atoms with E-state index in [1.807, 2.05) is 25.1 Å². The third-order valence-electron chi connectivity index (χ3n) is 4.51. The number of fused-ring (bicyclic) bond motifs is 1. The van der Waals surface area contributed by atoms with E-state index in [0.29, 0.717) is 19.0 Å². The van der Waals surface area contributed by atoms with Crippen LogP contribution in [0, 0.1) is 6.92 Å². The zero-order valence-corrected chi connectivity index (χ0v) is 17.0. The molecule has 5 nitrogen and oxygen atoms in total. The van der Waals surface area contributed by atoms with Crippen LogP contribution in [-0.4, -0.2) is 41.9 Å². The van der Waals surface area contributed by atoms with Crippen molar-refractivity contribution in [3.63, 3.8) is 0 Å². The number of thiophene rings is 1. The largest absolute Gasteiger partial charge is 0.497 e. The van der Waals surface area contributed by atoms with Crippen LogP contribution in [-0.2, 0) is 13.1 Å². The molecule has 0 aliphatic heterocycles. The first-order valence-electron chi connectivity index (χ1n) is 8.95. The molecule has 0 spiro atoms. The van der Waals surface area contributed by atoms with Gasteiger partial charge in [-0.15, -0.1) is 11.3 Å². The molecule has 0 bridgehead atoms. The van der Waals surface area contributed by atoms with E-state index in [4.69, 9.17) is 9.47 Å². The van der Waals surface area contributed by atoms with Gasteiger partial charge >= 0.3 is 0 Å². The molecule has 144 valence electrons. The van der Waals surface area contributed by atoms with E-state index in [9.17, 15) is 5.11 Å². The van der Waals surface area contributed by atoms with Crippen molar-refractivity contribution in [1.82, 2.24) is 9.88 Å². The van der Waals surface area contributed by atoms with Gasteiger partial charge in [0.15, 0.2) is 0 Å². The quantitative estimate of drug-likeness (QED) is 0.634. The maximum Gasteiger partial charge on any atom is 0.218 e. The van der Waals surface area contributed by atoms with Gasteiger partial charge < -0.3 is 14.6 Å². The van der Waals surface area contributed by atoms with Crippen LogP contribution in [0.25, 0.3) is 10.9 Å². The number of pyridine rings is 1. The van der Waals surface area contributed by atoms with Gasteiger partial charge in [0.25, 0.3) is 0 Å². The first-order valence-corrected chi connectivity index (χ1v) is 9.83. The summed E-state index contributed by atoms with van der Waals surface area (Å²) in [7, 11) is 3.29. The Morgan fingerprint density at radius 1 is 1.15 bits per heavy atom. The van der Waals surface area contributed by atoms with Gasteiger partial charge in [0, 0.05) is 41.5 Å². The number of ether oxygens (including phenoxy) is 2. The van der Waals surface area contributed by atoms with E-state index >= 15 is 0 Å². The molecule has 1 N–H and O–H groups in total. The third kappa shape index (κ3) is 4.77. The molecule has 0 saturated carbocycles. The van der Waals surface area contributed by atoms with Gasteiger partial charge in [-0.05, 0) is 49.1 Å². The number of methoxy groups -OCH3 is 2. The molecule has 0 aliphatic carbocycles. The molecule has 0 unspecified atom stereocenters. The Bertz CT molecular complexity index is 908. The van der Waals surface area contributed by atoms with Gasteiger partial charge in [0.1, 0.15) is 5.75 Å². The highest BCUT2D eigenvalue weighted by Gasteiger charge is 2.16. The first-order chi connectivity index (χ1) is 13.0. The van der Waals surface area contributed by atoms with Crippen LogP contribution in [0.2, 0.25) is 0 Å². The molecule has 0 amide bonds. The zero-order valence-electron chi connectivity index (χ0n) is 16.2. The molecule has 0 radical (unpaired) electrons. The number of hydrogen-bond acceptors (Lipinski definition) is 6. The van der Waals surface area contributed by atoms with E-state index in [1.54, 1.807) is 25.6 Å². The monoisotopic (exact) mass is 386 g/mol. The Kier molecular flexibility index (Phi) is 6.31. The van der Waals surface area contributed by atoms with Gasteiger partial charge in [-0.1, -0.05) is 0 Å². The average Bonchev–Trinajstić information content (AvgIpc) is 3.04. The fourth-order valence-corrected chi connectivity index (χ4v) is 4.11. The second-order valence-corrected chi connectivity index (χ2v) is 7.76. The molecule has 3 rings (SSSR count). The normalized spacial score (nSPS) is 12.5. The number of benzene rings is 1. The van der Waals surface area contributed by atoms with E-state index in [2.05, 4.69) is 34.3 Å². The molecular formula is C21H26N2O3S. The number of aromatic nitrogens is 1. The number of nitrogens with zero attached hydrogens (tertiary/aromatic N) is 2. The van der Waals surface area contributed by atoms with Gasteiger partial charge in [-0.25, -0.2) is 4.98 Å². The maximum absolute atomic E-state index is 9.96. The number of hydrogen-bond donors (Lipinski definition) is 1. The molecule has 1 atom stereocenters. The highest BCUT2D eigenvalue weighted by molar-refractivity contribution is 7.10. The summed E-state index contributed by atoms with van der Waals surface area (Å²) in [5.41, 5.74) is 3.13. The number of aliphatic hydroxyl groups excluding tert-OH is 1. The summed E-state index contributed by atoms with van der Waals surface area (Å²) in [5, 5.41) is 13.1. The summed E-state index contributed by atoms with van der Waals surface area (Å²) in [6, 6.07) is 10.1. The average molecular weight is 387 g/mol. The van der Waals surface area contributed by atoms with E-state index in [1.165, 1.54) is 10.4 Å². The van der Waals surface area contributed by atoms with Crippen molar-refractivity contribution in [3.05, 3.63) is 51.7 Å². The lowest BCUT2D eigenvalue weighted by Crippen LogP contribution is -2.30. The Balaban J connectivity index is 1.91. The molecular weight excluding hydrogens is 360 g/mol. The van der Waals surface area contributed by atoms with Crippen molar-refractivity contribution in [3.8, 4) is 11.6 Å². The lowest BCUT2D eigenvalue weighted by Gasteiger charge is -2.24. The predicted octanol–water partition coefficient (Wildman–Crippen LogP) is 4.00. The molecule has 27 heavy (non-hydrogen) atoms. The minimum absolute atomic E-state index is 0.408. The molecule has 0 fully saturated rings. The van der Waals surface area contributed by atoms with Gasteiger partial charge in [-0.3, -0.25) is 4.90 Å².